The molecule has 5 heteroatoms. The van der Waals surface area contributed by atoms with Gasteiger partial charge in [0.1, 0.15) is 0 Å². The minimum Gasteiger partial charge on any atom is -0.298 e. The highest BCUT2D eigenvalue weighted by atomic mass is 35.5. The Labute approximate surface area is 108 Å². The molecule has 0 aliphatic rings. The highest BCUT2D eigenvalue weighted by Gasteiger charge is 2.09. The maximum Gasteiger partial charge on any atom is 0.257 e. The molecular weight excluding hydrogens is 256 g/mol. The molecular formula is C12H11ClN2OS. The second-order valence-electron chi connectivity index (χ2n) is 3.69. The lowest BCUT2D eigenvalue weighted by atomic mass is 10.1. The SMILES string of the molecule is Cc1cnc(NC(=O)c2ccc(Cl)c(C)c2)s1. The van der Waals surface area contributed by atoms with E-state index in [1.807, 2.05) is 13.8 Å². The van der Waals surface area contributed by atoms with Crippen LogP contribution in [0.15, 0.2) is 24.4 Å². The highest BCUT2D eigenvalue weighted by molar-refractivity contribution is 7.15. The normalized spacial score (nSPS) is 10.3. The number of amides is 1. The summed E-state index contributed by atoms with van der Waals surface area (Å²) in [5, 5.41) is 4.02. The molecule has 0 aliphatic carbocycles. The van der Waals surface area contributed by atoms with Gasteiger partial charge >= 0.3 is 0 Å². The number of anilines is 1. The van der Waals surface area contributed by atoms with Gasteiger partial charge < -0.3 is 0 Å². The number of carbonyl (C=O) groups excluding carboxylic acids is 1. The minimum atomic E-state index is -0.167. The summed E-state index contributed by atoms with van der Waals surface area (Å²) in [6.07, 6.45) is 1.73. The fourth-order valence-electron chi connectivity index (χ4n) is 1.37. The van der Waals surface area contributed by atoms with Crippen LogP contribution in [0, 0.1) is 13.8 Å². The van der Waals surface area contributed by atoms with Gasteiger partial charge in [-0.1, -0.05) is 11.6 Å². The summed E-state index contributed by atoms with van der Waals surface area (Å²) < 4.78 is 0. The Morgan fingerprint density at radius 2 is 2.18 bits per heavy atom. The van der Waals surface area contributed by atoms with E-state index in [-0.39, 0.29) is 5.91 Å². The Bertz CT molecular complexity index is 565. The quantitative estimate of drug-likeness (QED) is 0.901. The van der Waals surface area contributed by atoms with Crippen molar-refractivity contribution in [1.82, 2.24) is 4.98 Å². The molecule has 3 nitrogen and oxygen atoms in total. The number of hydrogen-bond acceptors (Lipinski definition) is 3. The van der Waals surface area contributed by atoms with Crippen LogP contribution in [-0.4, -0.2) is 10.9 Å². The van der Waals surface area contributed by atoms with Crippen molar-refractivity contribution in [2.24, 2.45) is 0 Å². The van der Waals surface area contributed by atoms with Crippen LogP contribution in [0.3, 0.4) is 0 Å². The lowest BCUT2D eigenvalue weighted by Gasteiger charge is -2.03. The predicted octanol–water partition coefficient (Wildman–Crippen LogP) is 3.67. The molecule has 88 valence electrons. The third-order valence-corrected chi connectivity index (χ3v) is 3.51. The van der Waals surface area contributed by atoms with E-state index in [4.69, 9.17) is 11.6 Å². The summed E-state index contributed by atoms with van der Waals surface area (Å²) in [7, 11) is 0. The molecule has 0 radical (unpaired) electrons. The zero-order valence-electron chi connectivity index (χ0n) is 9.45. The first-order chi connectivity index (χ1) is 8.06. The summed E-state index contributed by atoms with van der Waals surface area (Å²) in [5.74, 6) is -0.167. The van der Waals surface area contributed by atoms with Crippen LogP contribution in [0.5, 0.6) is 0 Å². The molecule has 0 bridgehead atoms. The van der Waals surface area contributed by atoms with Crippen LogP contribution in [-0.2, 0) is 0 Å². The van der Waals surface area contributed by atoms with Gasteiger partial charge in [-0.15, -0.1) is 11.3 Å². The number of thiazole rings is 1. The lowest BCUT2D eigenvalue weighted by molar-refractivity contribution is 0.102. The van der Waals surface area contributed by atoms with Crippen molar-refractivity contribution in [2.45, 2.75) is 13.8 Å². The van der Waals surface area contributed by atoms with Gasteiger partial charge in [0.25, 0.3) is 5.91 Å². The number of nitrogens with one attached hydrogen (secondary N) is 1. The molecule has 1 N–H and O–H groups in total. The van der Waals surface area contributed by atoms with E-state index in [9.17, 15) is 4.79 Å². The average Bonchev–Trinajstić information content (AvgIpc) is 2.68. The Hall–Kier alpha value is -1.39. The summed E-state index contributed by atoms with van der Waals surface area (Å²) in [6, 6.07) is 5.18. The van der Waals surface area contributed by atoms with Gasteiger partial charge in [-0.05, 0) is 37.6 Å². The Kier molecular flexibility index (Phi) is 3.45. The van der Waals surface area contributed by atoms with Gasteiger partial charge in [0.15, 0.2) is 5.13 Å². The molecule has 1 aromatic heterocycles. The number of aromatic nitrogens is 1. The van der Waals surface area contributed by atoms with Crippen molar-refractivity contribution >= 4 is 34.0 Å². The summed E-state index contributed by atoms with van der Waals surface area (Å²) in [4.78, 5) is 17.0. The fraction of sp³-hybridized carbons (Fsp3) is 0.167. The maximum atomic E-state index is 11.9. The van der Waals surface area contributed by atoms with Crippen molar-refractivity contribution in [1.29, 1.82) is 0 Å². The number of nitrogens with zero attached hydrogens (tertiary/aromatic N) is 1. The molecule has 1 aromatic carbocycles. The molecule has 2 aromatic rings. The summed E-state index contributed by atoms with van der Waals surface area (Å²) in [6.45, 7) is 3.81. The van der Waals surface area contributed by atoms with Crippen molar-refractivity contribution in [2.75, 3.05) is 5.32 Å². The number of aryl methyl sites for hydroxylation is 2. The van der Waals surface area contributed by atoms with Crippen molar-refractivity contribution in [3.05, 3.63) is 45.4 Å². The molecule has 0 aliphatic heterocycles. The topological polar surface area (TPSA) is 42.0 Å². The van der Waals surface area contributed by atoms with E-state index >= 15 is 0 Å². The third-order valence-electron chi connectivity index (χ3n) is 2.26. The van der Waals surface area contributed by atoms with E-state index < -0.39 is 0 Å². The van der Waals surface area contributed by atoms with Gasteiger partial charge in [-0.3, -0.25) is 10.1 Å². The first-order valence-corrected chi connectivity index (χ1v) is 6.25. The number of rotatable bonds is 2. The second kappa shape index (κ2) is 4.85. The van der Waals surface area contributed by atoms with Gasteiger partial charge in [0, 0.05) is 21.7 Å². The van der Waals surface area contributed by atoms with Gasteiger partial charge in [0.2, 0.25) is 0 Å². The van der Waals surface area contributed by atoms with Crippen LogP contribution in [0.4, 0.5) is 5.13 Å². The second-order valence-corrected chi connectivity index (χ2v) is 5.34. The Morgan fingerprint density at radius 3 is 2.76 bits per heavy atom. The van der Waals surface area contributed by atoms with Crippen molar-refractivity contribution in [3.8, 4) is 0 Å². The first-order valence-electron chi connectivity index (χ1n) is 5.06. The van der Waals surface area contributed by atoms with Crippen LogP contribution >= 0.6 is 22.9 Å². The minimum absolute atomic E-state index is 0.167. The number of carbonyl (C=O) groups is 1. The molecule has 0 atom stereocenters. The molecule has 0 saturated heterocycles. The van der Waals surface area contributed by atoms with Crippen molar-refractivity contribution < 1.29 is 4.79 Å². The zero-order valence-corrected chi connectivity index (χ0v) is 11.0. The van der Waals surface area contributed by atoms with Crippen LogP contribution < -0.4 is 5.32 Å². The molecule has 0 saturated carbocycles. The summed E-state index contributed by atoms with van der Waals surface area (Å²) >= 11 is 7.36. The fourth-order valence-corrected chi connectivity index (χ4v) is 2.14. The first kappa shape index (κ1) is 12.1. The van der Waals surface area contributed by atoms with Gasteiger partial charge in [-0.2, -0.15) is 0 Å². The van der Waals surface area contributed by atoms with E-state index in [2.05, 4.69) is 10.3 Å². The largest absolute Gasteiger partial charge is 0.298 e. The molecule has 0 fully saturated rings. The predicted molar refractivity (Wildman–Crippen MR) is 71.0 cm³/mol. The smallest absolute Gasteiger partial charge is 0.257 e. The Morgan fingerprint density at radius 1 is 1.41 bits per heavy atom. The number of hydrogen-bond donors (Lipinski definition) is 1. The highest BCUT2D eigenvalue weighted by Crippen LogP contribution is 2.19. The third kappa shape index (κ3) is 2.84. The summed E-state index contributed by atoms with van der Waals surface area (Å²) in [5.41, 5.74) is 1.47. The number of benzene rings is 1. The van der Waals surface area contributed by atoms with E-state index in [1.54, 1.807) is 24.4 Å². The molecule has 1 heterocycles. The molecule has 0 unspecified atom stereocenters. The molecule has 17 heavy (non-hydrogen) atoms. The molecule has 0 spiro atoms. The van der Waals surface area contributed by atoms with Crippen LogP contribution in [0.1, 0.15) is 20.8 Å². The Balaban J connectivity index is 2.17. The molecule has 2 rings (SSSR count). The van der Waals surface area contributed by atoms with Crippen LogP contribution in [0.2, 0.25) is 5.02 Å². The van der Waals surface area contributed by atoms with E-state index in [0.717, 1.165) is 10.4 Å². The van der Waals surface area contributed by atoms with Crippen LogP contribution in [0.25, 0.3) is 0 Å². The standard InChI is InChI=1S/C12H11ClN2OS/c1-7-5-9(3-4-10(7)13)11(16)15-12-14-6-8(2)17-12/h3-6H,1-2H3,(H,14,15,16). The van der Waals surface area contributed by atoms with Gasteiger partial charge in [-0.25, -0.2) is 4.98 Å². The molecule has 1 amide bonds. The van der Waals surface area contributed by atoms with Crippen molar-refractivity contribution in [3.63, 3.8) is 0 Å². The monoisotopic (exact) mass is 266 g/mol. The zero-order chi connectivity index (χ0) is 12.4. The van der Waals surface area contributed by atoms with E-state index in [1.165, 1.54) is 11.3 Å². The lowest BCUT2D eigenvalue weighted by Crippen LogP contribution is -2.11. The van der Waals surface area contributed by atoms with E-state index in [0.29, 0.717) is 15.7 Å². The average molecular weight is 267 g/mol. The van der Waals surface area contributed by atoms with Gasteiger partial charge in [0.05, 0.1) is 0 Å². The number of halogens is 1. The maximum absolute atomic E-state index is 11.9.